The zero-order chi connectivity index (χ0) is 30.3. The van der Waals surface area contributed by atoms with Gasteiger partial charge in [0.05, 0.1) is 24.2 Å². The van der Waals surface area contributed by atoms with Crippen LogP contribution < -0.4 is 14.4 Å². The van der Waals surface area contributed by atoms with E-state index in [1.807, 2.05) is 44.2 Å². The van der Waals surface area contributed by atoms with Gasteiger partial charge in [-0.3, -0.25) is 14.5 Å². The van der Waals surface area contributed by atoms with E-state index in [0.717, 1.165) is 32.7 Å². The summed E-state index contributed by atoms with van der Waals surface area (Å²) in [6.07, 6.45) is 4.29. The number of rotatable bonds is 13. The third kappa shape index (κ3) is 8.23. The number of hydrogen-bond donors (Lipinski definition) is 1. The molecule has 1 heterocycles. The van der Waals surface area contributed by atoms with E-state index < -0.39 is 28.3 Å². The Hall–Kier alpha value is -4.57. The molecule has 0 atom stereocenters. The van der Waals surface area contributed by atoms with Gasteiger partial charge in [0, 0.05) is 11.9 Å². The first-order valence-corrected chi connectivity index (χ1v) is 15.4. The quantitative estimate of drug-likeness (QED) is 0.197. The molecule has 220 valence electrons. The van der Waals surface area contributed by atoms with Gasteiger partial charge in [0.15, 0.2) is 0 Å². The lowest BCUT2D eigenvalue weighted by Gasteiger charge is -2.20. The van der Waals surface area contributed by atoms with E-state index in [4.69, 9.17) is 13.9 Å². The normalized spacial score (nSPS) is 11.2. The maximum Gasteiger partial charge on any atom is 0.323 e. The lowest BCUT2D eigenvalue weighted by Crippen LogP contribution is -2.35. The number of amides is 1. The first kappa shape index (κ1) is 30.4. The molecule has 0 bridgehead atoms. The molecule has 1 aromatic heterocycles. The Labute approximate surface area is 245 Å². The second-order valence-electron chi connectivity index (χ2n) is 10.0. The summed E-state index contributed by atoms with van der Waals surface area (Å²) in [5, 5.41) is 9.31. The van der Waals surface area contributed by atoms with Crippen molar-refractivity contribution in [3.63, 3.8) is 0 Å². The van der Waals surface area contributed by atoms with Crippen LogP contribution in [-0.2, 0) is 21.2 Å². The number of aryl methyl sites for hydroxylation is 2. The molecule has 1 amide bonds. The van der Waals surface area contributed by atoms with Crippen molar-refractivity contribution >= 4 is 27.4 Å². The number of carboxylic acid groups (broad SMARTS) is 1. The van der Waals surface area contributed by atoms with Crippen LogP contribution in [0.25, 0.3) is 11.1 Å². The molecule has 0 unspecified atom stereocenters. The number of anilines is 1. The molecule has 4 aromatic rings. The fraction of sp³-hybridized carbons (Fsp3) is 0.250. The van der Waals surface area contributed by atoms with Gasteiger partial charge in [-0.15, -0.1) is 0 Å². The molecule has 0 saturated heterocycles. The first-order valence-electron chi connectivity index (χ1n) is 13.3. The van der Waals surface area contributed by atoms with Gasteiger partial charge in [-0.25, -0.2) is 8.42 Å². The van der Waals surface area contributed by atoms with Crippen molar-refractivity contribution in [1.29, 1.82) is 0 Å². The molecule has 10 heteroatoms. The van der Waals surface area contributed by atoms with Crippen LogP contribution in [0.15, 0.2) is 83.7 Å². The highest BCUT2D eigenvalue weighted by Gasteiger charge is 2.21. The summed E-state index contributed by atoms with van der Waals surface area (Å²) in [6.45, 7) is 4.17. The molecule has 42 heavy (non-hydrogen) atoms. The SMILES string of the molecule is Cc1cc(OCCCS(C)(=O)=O)cc(C)c1-c1cccc(COc2ccc(N(CC(=O)O)C(=O)c3ccoc3)cc2)c1. The van der Waals surface area contributed by atoms with Gasteiger partial charge in [-0.2, -0.15) is 0 Å². The molecule has 0 fully saturated rings. The van der Waals surface area contributed by atoms with Crippen LogP contribution in [-0.4, -0.2) is 50.6 Å². The van der Waals surface area contributed by atoms with E-state index in [0.29, 0.717) is 36.8 Å². The minimum Gasteiger partial charge on any atom is -0.494 e. The fourth-order valence-electron chi connectivity index (χ4n) is 4.64. The van der Waals surface area contributed by atoms with Crippen LogP contribution in [0.3, 0.4) is 0 Å². The van der Waals surface area contributed by atoms with E-state index in [2.05, 4.69) is 6.07 Å². The molecule has 3 aromatic carbocycles. The average Bonchev–Trinajstić information content (AvgIpc) is 3.48. The molecule has 0 saturated carbocycles. The maximum absolute atomic E-state index is 12.8. The number of benzene rings is 3. The Bertz CT molecular complexity index is 1620. The molecule has 0 spiro atoms. The van der Waals surface area contributed by atoms with Crippen molar-refractivity contribution in [3.05, 3.63) is 102 Å². The highest BCUT2D eigenvalue weighted by molar-refractivity contribution is 7.90. The van der Waals surface area contributed by atoms with Gasteiger partial charge in [0.25, 0.3) is 5.91 Å². The zero-order valence-electron chi connectivity index (χ0n) is 23.7. The number of hydrogen-bond acceptors (Lipinski definition) is 7. The van der Waals surface area contributed by atoms with Gasteiger partial charge in [0.2, 0.25) is 0 Å². The fourth-order valence-corrected chi connectivity index (χ4v) is 5.28. The van der Waals surface area contributed by atoms with Crippen molar-refractivity contribution in [3.8, 4) is 22.6 Å². The Balaban J connectivity index is 1.42. The second kappa shape index (κ2) is 13.4. The van der Waals surface area contributed by atoms with E-state index >= 15 is 0 Å². The third-order valence-electron chi connectivity index (χ3n) is 6.51. The molecular formula is C32H33NO8S. The second-order valence-corrected chi connectivity index (χ2v) is 12.3. The van der Waals surface area contributed by atoms with Crippen molar-refractivity contribution in [2.75, 3.05) is 30.1 Å². The largest absolute Gasteiger partial charge is 0.494 e. The lowest BCUT2D eigenvalue weighted by atomic mass is 9.94. The molecule has 0 aliphatic heterocycles. The number of carbonyl (C=O) groups excluding carboxylic acids is 1. The lowest BCUT2D eigenvalue weighted by molar-refractivity contribution is -0.135. The summed E-state index contributed by atoms with van der Waals surface area (Å²) in [5.41, 5.74) is 5.84. The molecule has 0 aliphatic rings. The van der Waals surface area contributed by atoms with Gasteiger partial charge < -0.3 is 19.0 Å². The number of furan rings is 1. The minimum atomic E-state index is -3.01. The van der Waals surface area contributed by atoms with Crippen LogP contribution in [0.2, 0.25) is 0 Å². The minimum absolute atomic E-state index is 0.0942. The van der Waals surface area contributed by atoms with Crippen molar-refractivity contribution in [1.82, 2.24) is 0 Å². The number of aliphatic carboxylic acids is 1. The summed E-state index contributed by atoms with van der Waals surface area (Å²) in [7, 11) is -3.01. The van der Waals surface area contributed by atoms with Crippen LogP contribution >= 0.6 is 0 Å². The summed E-state index contributed by atoms with van der Waals surface area (Å²) in [4.78, 5) is 25.3. The predicted octanol–water partition coefficient (Wildman–Crippen LogP) is 5.69. The predicted molar refractivity (Wildman–Crippen MR) is 160 cm³/mol. The molecule has 0 radical (unpaired) electrons. The summed E-state index contributed by atoms with van der Waals surface area (Å²) in [5.74, 6) is -0.242. The topological polar surface area (TPSA) is 123 Å². The summed E-state index contributed by atoms with van der Waals surface area (Å²) in [6, 6.07) is 20.1. The molecule has 0 aliphatic carbocycles. The third-order valence-corrected chi connectivity index (χ3v) is 7.54. The van der Waals surface area contributed by atoms with Gasteiger partial charge in [0.1, 0.15) is 40.8 Å². The highest BCUT2D eigenvalue weighted by atomic mass is 32.2. The van der Waals surface area contributed by atoms with Crippen LogP contribution in [0.4, 0.5) is 5.69 Å². The van der Waals surface area contributed by atoms with Gasteiger partial charge >= 0.3 is 5.97 Å². The van der Waals surface area contributed by atoms with Gasteiger partial charge in [-0.05, 0) is 96.6 Å². The Morgan fingerprint density at radius 2 is 1.64 bits per heavy atom. The Morgan fingerprint density at radius 3 is 2.26 bits per heavy atom. The highest BCUT2D eigenvalue weighted by Crippen LogP contribution is 2.32. The first-order chi connectivity index (χ1) is 20.0. The smallest absolute Gasteiger partial charge is 0.323 e. The van der Waals surface area contributed by atoms with E-state index in [1.54, 1.807) is 24.3 Å². The molecule has 1 N–H and O–H groups in total. The van der Waals surface area contributed by atoms with Crippen molar-refractivity contribution in [2.45, 2.75) is 26.9 Å². The number of ether oxygens (including phenoxy) is 2. The van der Waals surface area contributed by atoms with Gasteiger partial charge in [-0.1, -0.05) is 18.2 Å². The monoisotopic (exact) mass is 591 g/mol. The average molecular weight is 592 g/mol. The number of carbonyl (C=O) groups is 2. The van der Waals surface area contributed by atoms with E-state index in [9.17, 15) is 23.1 Å². The molecule has 4 rings (SSSR count). The molecular weight excluding hydrogens is 558 g/mol. The van der Waals surface area contributed by atoms with Crippen LogP contribution in [0.5, 0.6) is 11.5 Å². The molecule has 9 nitrogen and oxygen atoms in total. The number of carboxylic acids is 1. The standard InChI is InChI=1S/C32H33NO8S/c1-22-16-29(40-13-5-15-42(3,37)38)17-23(2)31(22)25-7-4-6-24(18-25)20-41-28-10-8-27(9-11-28)33(19-30(34)35)32(36)26-12-14-39-21-26/h4,6-12,14,16-18,21H,5,13,15,19-20H2,1-3H3,(H,34,35). The van der Waals surface area contributed by atoms with Crippen LogP contribution in [0.1, 0.15) is 33.5 Å². The van der Waals surface area contributed by atoms with E-state index in [1.165, 1.54) is 24.8 Å². The van der Waals surface area contributed by atoms with Crippen molar-refractivity contribution in [2.24, 2.45) is 0 Å². The van der Waals surface area contributed by atoms with Crippen LogP contribution in [0, 0.1) is 13.8 Å². The Morgan fingerprint density at radius 1 is 0.929 bits per heavy atom. The Kier molecular flexibility index (Phi) is 9.69. The van der Waals surface area contributed by atoms with Crippen molar-refractivity contribution < 1.29 is 37.0 Å². The summed E-state index contributed by atoms with van der Waals surface area (Å²) >= 11 is 0. The number of nitrogens with zero attached hydrogens (tertiary/aromatic N) is 1. The zero-order valence-corrected chi connectivity index (χ0v) is 24.5. The number of sulfone groups is 1. The maximum atomic E-state index is 12.8. The summed E-state index contributed by atoms with van der Waals surface area (Å²) < 4.78 is 39.4. The van der Waals surface area contributed by atoms with E-state index in [-0.39, 0.29) is 11.3 Å².